The molecule has 0 aromatic rings. The van der Waals surface area contributed by atoms with E-state index >= 15 is 0 Å². The number of nitrogens with one attached hydrogen (secondary N) is 1. The van der Waals surface area contributed by atoms with Crippen LogP contribution in [-0.4, -0.2) is 73.6 Å². The predicted molar refractivity (Wildman–Crippen MR) is 68.7 cm³/mol. The van der Waals surface area contributed by atoms with Crippen LogP contribution in [0.4, 0.5) is 0 Å². The Balaban J connectivity index is 0.00000162. The van der Waals surface area contributed by atoms with E-state index in [2.05, 4.69) is 5.32 Å². The SMILES string of the molecule is CC(=O)N1CCNC(C(=O)N2CCOCC2)C1.Cl. The van der Waals surface area contributed by atoms with Crippen LogP contribution in [0.25, 0.3) is 0 Å². The summed E-state index contributed by atoms with van der Waals surface area (Å²) in [4.78, 5) is 27.0. The molecule has 0 radical (unpaired) electrons. The Labute approximate surface area is 113 Å². The van der Waals surface area contributed by atoms with Crippen molar-refractivity contribution in [1.82, 2.24) is 15.1 Å². The zero-order valence-electron chi connectivity index (χ0n) is 10.6. The maximum Gasteiger partial charge on any atom is 0.241 e. The summed E-state index contributed by atoms with van der Waals surface area (Å²) < 4.78 is 5.22. The van der Waals surface area contributed by atoms with Crippen molar-refractivity contribution in [3.63, 3.8) is 0 Å². The molecule has 2 aliphatic heterocycles. The monoisotopic (exact) mass is 277 g/mol. The zero-order chi connectivity index (χ0) is 12.3. The maximum atomic E-state index is 12.2. The molecule has 2 saturated heterocycles. The molecule has 104 valence electrons. The molecular formula is C11H20ClN3O3. The Morgan fingerprint density at radius 1 is 1.17 bits per heavy atom. The summed E-state index contributed by atoms with van der Waals surface area (Å²) in [7, 11) is 0. The number of ether oxygens (including phenoxy) is 1. The quantitative estimate of drug-likeness (QED) is 0.674. The molecule has 7 heteroatoms. The number of rotatable bonds is 1. The third-order valence-electron chi connectivity index (χ3n) is 3.24. The Morgan fingerprint density at radius 3 is 2.44 bits per heavy atom. The number of halogens is 1. The Bertz CT molecular complexity index is 308. The molecule has 1 N–H and O–H groups in total. The molecule has 0 bridgehead atoms. The maximum absolute atomic E-state index is 12.2. The van der Waals surface area contributed by atoms with Gasteiger partial charge in [0.25, 0.3) is 0 Å². The number of hydrogen-bond acceptors (Lipinski definition) is 4. The standard InChI is InChI=1S/C11H19N3O3.ClH/c1-9(15)14-3-2-12-10(8-14)11(16)13-4-6-17-7-5-13;/h10,12H,2-8H2,1H3;1H. The van der Waals surface area contributed by atoms with Gasteiger partial charge in [0.05, 0.1) is 13.2 Å². The highest BCUT2D eigenvalue weighted by Crippen LogP contribution is 2.06. The number of amides is 2. The lowest BCUT2D eigenvalue weighted by molar-refractivity contribution is -0.140. The van der Waals surface area contributed by atoms with E-state index in [0.29, 0.717) is 45.9 Å². The molecular weight excluding hydrogens is 258 g/mol. The molecule has 18 heavy (non-hydrogen) atoms. The van der Waals surface area contributed by atoms with Crippen LogP contribution in [0.1, 0.15) is 6.92 Å². The molecule has 2 amide bonds. The molecule has 0 saturated carbocycles. The number of hydrogen-bond donors (Lipinski definition) is 1. The fourth-order valence-corrected chi connectivity index (χ4v) is 2.21. The van der Waals surface area contributed by atoms with Crippen LogP contribution in [-0.2, 0) is 14.3 Å². The molecule has 2 aliphatic rings. The summed E-state index contributed by atoms with van der Waals surface area (Å²) >= 11 is 0. The minimum atomic E-state index is -0.259. The topological polar surface area (TPSA) is 61.9 Å². The Hall–Kier alpha value is -0.850. The molecule has 1 unspecified atom stereocenters. The van der Waals surface area contributed by atoms with Gasteiger partial charge in [-0.3, -0.25) is 9.59 Å². The number of nitrogens with zero attached hydrogens (tertiary/aromatic N) is 2. The van der Waals surface area contributed by atoms with Crippen molar-refractivity contribution in [3.05, 3.63) is 0 Å². The van der Waals surface area contributed by atoms with Crippen molar-refractivity contribution in [2.75, 3.05) is 45.9 Å². The summed E-state index contributed by atoms with van der Waals surface area (Å²) in [6.07, 6.45) is 0. The van der Waals surface area contributed by atoms with Gasteiger partial charge in [-0.2, -0.15) is 0 Å². The first-order valence-electron chi connectivity index (χ1n) is 6.04. The lowest BCUT2D eigenvalue weighted by Crippen LogP contribution is -2.59. The summed E-state index contributed by atoms with van der Waals surface area (Å²) in [5, 5.41) is 3.18. The summed E-state index contributed by atoms with van der Waals surface area (Å²) in [5.41, 5.74) is 0. The highest BCUT2D eigenvalue weighted by molar-refractivity contribution is 5.85. The van der Waals surface area contributed by atoms with Gasteiger partial charge in [-0.1, -0.05) is 0 Å². The first kappa shape index (κ1) is 15.2. The van der Waals surface area contributed by atoms with E-state index in [4.69, 9.17) is 4.74 Å². The first-order chi connectivity index (χ1) is 8.18. The van der Waals surface area contributed by atoms with E-state index in [1.807, 2.05) is 4.90 Å². The van der Waals surface area contributed by atoms with Crippen molar-refractivity contribution >= 4 is 24.2 Å². The first-order valence-corrected chi connectivity index (χ1v) is 6.04. The van der Waals surface area contributed by atoms with E-state index in [1.165, 1.54) is 0 Å². The van der Waals surface area contributed by atoms with Crippen molar-refractivity contribution < 1.29 is 14.3 Å². The second-order valence-electron chi connectivity index (χ2n) is 4.41. The van der Waals surface area contributed by atoms with Gasteiger partial charge < -0.3 is 19.9 Å². The third-order valence-corrected chi connectivity index (χ3v) is 3.24. The normalized spacial score (nSPS) is 24.4. The third kappa shape index (κ3) is 3.57. The summed E-state index contributed by atoms with van der Waals surface area (Å²) in [6, 6.07) is -0.259. The number of morpholine rings is 1. The molecule has 0 spiro atoms. The minimum Gasteiger partial charge on any atom is -0.378 e. The van der Waals surface area contributed by atoms with Crippen LogP contribution in [0.3, 0.4) is 0 Å². The van der Waals surface area contributed by atoms with Crippen LogP contribution in [0, 0.1) is 0 Å². The second-order valence-corrected chi connectivity index (χ2v) is 4.41. The molecule has 6 nitrogen and oxygen atoms in total. The zero-order valence-corrected chi connectivity index (χ0v) is 11.4. The Morgan fingerprint density at radius 2 is 1.83 bits per heavy atom. The number of carbonyl (C=O) groups is 2. The summed E-state index contributed by atoms with van der Waals surface area (Å²) in [6.45, 7) is 5.90. The average Bonchev–Trinajstić information content (AvgIpc) is 2.39. The smallest absolute Gasteiger partial charge is 0.241 e. The van der Waals surface area contributed by atoms with Gasteiger partial charge >= 0.3 is 0 Å². The lowest BCUT2D eigenvalue weighted by Gasteiger charge is -2.36. The largest absolute Gasteiger partial charge is 0.378 e. The van der Waals surface area contributed by atoms with E-state index in [9.17, 15) is 9.59 Å². The van der Waals surface area contributed by atoms with Gasteiger partial charge in [0.15, 0.2) is 0 Å². The van der Waals surface area contributed by atoms with Crippen LogP contribution in [0.5, 0.6) is 0 Å². The van der Waals surface area contributed by atoms with Gasteiger partial charge in [0.1, 0.15) is 6.04 Å². The van der Waals surface area contributed by atoms with Gasteiger partial charge in [-0.15, -0.1) is 12.4 Å². The molecule has 0 aromatic heterocycles. The van der Waals surface area contributed by atoms with Gasteiger partial charge in [-0.25, -0.2) is 0 Å². The molecule has 2 rings (SSSR count). The van der Waals surface area contributed by atoms with Crippen molar-refractivity contribution in [2.24, 2.45) is 0 Å². The van der Waals surface area contributed by atoms with Crippen LogP contribution in [0.2, 0.25) is 0 Å². The average molecular weight is 278 g/mol. The summed E-state index contributed by atoms with van der Waals surface area (Å²) in [5.74, 6) is 0.116. The van der Waals surface area contributed by atoms with Gasteiger partial charge in [0, 0.05) is 39.6 Å². The lowest BCUT2D eigenvalue weighted by atomic mass is 10.1. The second kappa shape index (κ2) is 6.92. The molecule has 2 fully saturated rings. The van der Waals surface area contributed by atoms with Gasteiger partial charge in [0.2, 0.25) is 11.8 Å². The predicted octanol–water partition coefficient (Wildman–Crippen LogP) is -0.913. The van der Waals surface area contributed by atoms with Gasteiger partial charge in [-0.05, 0) is 0 Å². The van der Waals surface area contributed by atoms with E-state index in [0.717, 1.165) is 0 Å². The van der Waals surface area contributed by atoms with Crippen molar-refractivity contribution in [3.8, 4) is 0 Å². The van der Waals surface area contributed by atoms with E-state index < -0.39 is 0 Å². The molecule has 1 atom stereocenters. The van der Waals surface area contributed by atoms with E-state index in [1.54, 1.807) is 11.8 Å². The number of piperazine rings is 1. The molecule has 0 aromatic carbocycles. The fourth-order valence-electron chi connectivity index (χ4n) is 2.21. The minimum absolute atomic E-state index is 0. The fraction of sp³-hybridized carbons (Fsp3) is 0.818. The Kier molecular flexibility index (Phi) is 5.84. The van der Waals surface area contributed by atoms with Crippen LogP contribution < -0.4 is 5.32 Å². The number of carbonyl (C=O) groups excluding carboxylic acids is 2. The van der Waals surface area contributed by atoms with E-state index in [-0.39, 0.29) is 30.3 Å². The van der Waals surface area contributed by atoms with Crippen LogP contribution in [0.15, 0.2) is 0 Å². The molecule has 0 aliphatic carbocycles. The van der Waals surface area contributed by atoms with Crippen LogP contribution >= 0.6 is 12.4 Å². The molecule has 2 heterocycles. The highest BCUT2D eigenvalue weighted by atomic mass is 35.5. The van der Waals surface area contributed by atoms with Crippen molar-refractivity contribution in [1.29, 1.82) is 0 Å². The highest BCUT2D eigenvalue weighted by Gasteiger charge is 2.30. The van der Waals surface area contributed by atoms with Crippen molar-refractivity contribution in [2.45, 2.75) is 13.0 Å².